The van der Waals surface area contributed by atoms with Gasteiger partial charge in [-0.2, -0.15) is 0 Å². The van der Waals surface area contributed by atoms with E-state index in [-0.39, 0.29) is 36.8 Å². The molecule has 23 heavy (non-hydrogen) atoms. The molecule has 2 fully saturated rings. The predicted octanol–water partition coefficient (Wildman–Crippen LogP) is 2.40. The molecule has 2 atom stereocenters. The monoisotopic (exact) mass is 360 g/mol. The molecule has 2 aliphatic rings. The van der Waals surface area contributed by atoms with E-state index in [2.05, 4.69) is 27.4 Å². The number of aromatic nitrogens is 1. The Kier molecular flexibility index (Phi) is 8.09. The summed E-state index contributed by atoms with van der Waals surface area (Å²) in [6.45, 7) is 5.28. The van der Waals surface area contributed by atoms with E-state index in [1.165, 1.54) is 12.8 Å². The molecule has 2 saturated heterocycles. The van der Waals surface area contributed by atoms with E-state index < -0.39 is 0 Å². The average Bonchev–Trinajstić information content (AvgIpc) is 3.01. The van der Waals surface area contributed by atoms with Crippen molar-refractivity contribution in [1.29, 1.82) is 0 Å². The van der Waals surface area contributed by atoms with Crippen LogP contribution < -0.4 is 15.5 Å². The minimum atomic E-state index is -0.00503. The lowest BCUT2D eigenvalue weighted by molar-refractivity contribution is 0.0925. The summed E-state index contributed by atoms with van der Waals surface area (Å²) in [5.41, 5.74) is 0.657. The minimum Gasteiger partial charge on any atom is -0.357 e. The maximum atomic E-state index is 12.3. The molecule has 0 spiro atoms. The van der Waals surface area contributed by atoms with Crippen LogP contribution in [0.1, 0.15) is 43.0 Å². The Morgan fingerprint density at radius 2 is 2.04 bits per heavy atom. The normalized spacial score (nSPS) is 23.6. The number of hydrogen-bond donors (Lipinski definition) is 2. The highest BCUT2D eigenvalue weighted by Crippen LogP contribution is 2.17. The third-order valence-electron chi connectivity index (χ3n) is 4.40. The molecular weight excluding hydrogens is 335 g/mol. The van der Waals surface area contributed by atoms with Gasteiger partial charge in [-0.05, 0) is 51.3 Å². The Labute approximate surface area is 150 Å². The lowest BCUT2D eigenvalue weighted by Gasteiger charge is -2.28. The number of nitrogens with zero attached hydrogens (tertiary/aromatic N) is 2. The topological polar surface area (TPSA) is 57.3 Å². The van der Waals surface area contributed by atoms with Crippen LogP contribution in [0.15, 0.2) is 18.3 Å². The van der Waals surface area contributed by atoms with Crippen LogP contribution in [0, 0.1) is 0 Å². The van der Waals surface area contributed by atoms with Crippen molar-refractivity contribution in [1.82, 2.24) is 15.6 Å². The van der Waals surface area contributed by atoms with Crippen molar-refractivity contribution in [2.75, 3.05) is 24.5 Å². The quantitative estimate of drug-likeness (QED) is 0.868. The molecule has 130 valence electrons. The lowest BCUT2D eigenvalue weighted by Crippen LogP contribution is -2.46. The van der Waals surface area contributed by atoms with Crippen LogP contribution in [-0.4, -0.2) is 42.6 Å². The second kappa shape index (κ2) is 9.30. The van der Waals surface area contributed by atoms with Gasteiger partial charge >= 0.3 is 0 Å². The van der Waals surface area contributed by atoms with Crippen LogP contribution >= 0.6 is 24.8 Å². The summed E-state index contributed by atoms with van der Waals surface area (Å²) in [5, 5.41) is 6.52. The van der Waals surface area contributed by atoms with Crippen LogP contribution in [0.4, 0.5) is 5.82 Å². The Morgan fingerprint density at radius 3 is 2.65 bits per heavy atom. The summed E-state index contributed by atoms with van der Waals surface area (Å²) in [6, 6.07) is 4.60. The summed E-state index contributed by atoms with van der Waals surface area (Å²) in [4.78, 5) is 19.0. The first-order valence-corrected chi connectivity index (χ1v) is 7.97. The number of anilines is 1. The van der Waals surface area contributed by atoms with Gasteiger partial charge in [-0.3, -0.25) is 4.79 Å². The van der Waals surface area contributed by atoms with E-state index in [0.29, 0.717) is 11.6 Å². The third kappa shape index (κ3) is 5.23. The zero-order valence-corrected chi connectivity index (χ0v) is 15.1. The molecule has 2 N–H and O–H groups in total. The Hall–Kier alpha value is -1.04. The van der Waals surface area contributed by atoms with Gasteiger partial charge in [0.2, 0.25) is 0 Å². The van der Waals surface area contributed by atoms with Gasteiger partial charge in [-0.1, -0.05) is 0 Å². The highest BCUT2D eigenvalue weighted by atomic mass is 35.5. The zero-order chi connectivity index (χ0) is 14.7. The second-order valence-electron chi connectivity index (χ2n) is 6.15. The maximum absolute atomic E-state index is 12.3. The first-order valence-electron chi connectivity index (χ1n) is 7.97. The molecule has 0 aliphatic carbocycles. The number of halogens is 2. The molecule has 1 amide bonds. The van der Waals surface area contributed by atoms with Gasteiger partial charge in [0.15, 0.2) is 0 Å². The molecule has 0 saturated carbocycles. The Morgan fingerprint density at radius 1 is 1.30 bits per heavy atom. The maximum Gasteiger partial charge on any atom is 0.253 e. The number of hydrogen-bond acceptors (Lipinski definition) is 4. The molecule has 0 bridgehead atoms. The number of rotatable bonds is 3. The van der Waals surface area contributed by atoms with Gasteiger partial charge in [0.1, 0.15) is 5.82 Å². The molecular formula is C16H26Cl2N4O. The molecule has 3 rings (SSSR count). The highest BCUT2D eigenvalue weighted by molar-refractivity contribution is 5.94. The van der Waals surface area contributed by atoms with E-state index in [1.807, 2.05) is 12.1 Å². The van der Waals surface area contributed by atoms with E-state index in [9.17, 15) is 4.79 Å². The smallest absolute Gasteiger partial charge is 0.253 e. The zero-order valence-electron chi connectivity index (χ0n) is 13.5. The minimum absolute atomic E-state index is 0. The molecule has 0 radical (unpaired) electrons. The van der Waals surface area contributed by atoms with E-state index >= 15 is 0 Å². The first-order chi connectivity index (χ1) is 10.2. The van der Waals surface area contributed by atoms with Crippen molar-refractivity contribution in [3.05, 3.63) is 23.9 Å². The van der Waals surface area contributed by atoms with Crippen LogP contribution in [-0.2, 0) is 0 Å². The molecule has 3 heterocycles. The van der Waals surface area contributed by atoms with Crippen molar-refractivity contribution >= 4 is 36.5 Å². The molecule has 1 aromatic heterocycles. The van der Waals surface area contributed by atoms with Gasteiger partial charge in [-0.25, -0.2) is 4.98 Å². The number of carbonyl (C=O) groups excluding carboxylic acids is 1. The van der Waals surface area contributed by atoms with Crippen LogP contribution in [0.5, 0.6) is 0 Å². The Balaban J connectivity index is 0.00000132. The van der Waals surface area contributed by atoms with Crippen molar-refractivity contribution in [3.8, 4) is 0 Å². The number of nitrogens with one attached hydrogen (secondary N) is 2. The lowest BCUT2D eigenvalue weighted by atomic mass is 10.0. The SMILES string of the molecule is CC1CC(NC(=O)c2ccc(N3CCCC3)nc2)CCN1.Cl.Cl. The van der Waals surface area contributed by atoms with Gasteiger partial charge in [0.25, 0.3) is 5.91 Å². The van der Waals surface area contributed by atoms with Gasteiger partial charge in [-0.15, -0.1) is 24.8 Å². The average molecular weight is 361 g/mol. The van der Waals surface area contributed by atoms with Crippen LogP contribution in [0.25, 0.3) is 0 Å². The highest BCUT2D eigenvalue weighted by Gasteiger charge is 2.21. The summed E-state index contributed by atoms with van der Waals surface area (Å²) >= 11 is 0. The summed E-state index contributed by atoms with van der Waals surface area (Å²) in [6.07, 6.45) is 6.16. The molecule has 0 aromatic carbocycles. The van der Waals surface area contributed by atoms with E-state index in [0.717, 1.165) is 38.3 Å². The van der Waals surface area contributed by atoms with Crippen molar-refractivity contribution in [2.45, 2.75) is 44.7 Å². The number of piperidine rings is 1. The number of amides is 1. The van der Waals surface area contributed by atoms with Crippen LogP contribution in [0.2, 0.25) is 0 Å². The van der Waals surface area contributed by atoms with Crippen LogP contribution in [0.3, 0.4) is 0 Å². The van der Waals surface area contributed by atoms with Gasteiger partial charge in [0.05, 0.1) is 5.56 Å². The summed E-state index contributed by atoms with van der Waals surface area (Å²) in [7, 11) is 0. The molecule has 2 aliphatic heterocycles. The van der Waals surface area contributed by atoms with Crippen molar-refractivity contribution in [3.63, 3.8) is 0 Å². The fraction of sp³-hybridized carbons (Fsp3) is 0.625. The van der Waals surface area contributed by atoms with E-state index in [4.69, 9.17) is 0 Å². The fourth-order valence-electron chi connectivity index (χ4n) is 3.19. The number of carbonyl (C=O) groups is 1. The van der Waals surface area contributed by atoms with Gasteiger partial charge in [0, 0.05) is 31.4 Å². The fourth-order valence-corrected chi connectivity index (χ4v) is 3.19. The molecule has 5 nitrogen and oxygen atoms in total. The van der Waals surface area contributed by atoms with Gasteiger partial charge < -0.3 is 15.5 Å². The van der Waals surface area contributed by atoms with E-state index in [1.54, 1.807) is 6.20 Å². The Bertz CT molecular complexity index is 491. The largest absolute Gasteiger partial charge is 0.357 e. The van der Waals surface area contributed by atoms with Crippen molar-refractivity contribution < 1.29 is 4.79 Å². The standard InChI is InChI=1S/C16H24N4O.2ClH/c1-12-10-14(6-7-17-12)19-16(21)13-4-5-15(18-11-13)20-8-2-3-9-20;;/h4-5,11-12,14,17H,2-3,6-10H2,1H3,(H,19,21);2*1H. The summed E-state index contributed by atoms with van der Waals surface area (Å²) in [5.74, 6) is 0.981. The molecule has 2 unspecified atom stereocenters. The van der Waals surface area contributed by atoms with Crippen molar-refractivity contribution in [2.24, 2.45) is 0 Å². The molecule has 7 heteroatoms. The summed E-state index contributed by atoms with van der Waals surface area (Å²) < 4.78 is 0. The molecule has 1 aromatic rings. The predicted molar refractivity (Wildman–Crippen MR) is 98.1 cm³/mol. The second-order valence-corrected chi connectivity index (χ2v) is 6.15. The third-order valence-corrected chi connectivity index (χ3v) is 4.40. The number of pyridine rings is 1. The first kappa shape index (κ1) is 20.0.